The van der Waals surface area contributed by atoms with Gasteiger partial charge in [0.05, 0.1) is 0 Å². The van der Waals surface area contributed by atoms with Crippen LogP contribution in [0.15, 0.2) is 17.5 Å². The van der Waals surface area contributed by atoms with Crippen LogP contribution < -0.4 is 5.32 Å². The third-order valence-corrected chi connectivity index (χ3v) is 6.19. The van der Waals surface area contributed by atoms with Crippen molar-refractivity contribution in [3.05, 3.63) is 22.4 Å². The second-order valence-electron chi connectivity index (χ2n) is 6.40. The van der Waals surface area contributed by atoms with Gasteiger partial charge >= 0.3 is 0 Å². The van der Waals surface area contributed by atoms with Crippen molar-refractivity contribution < 1.29 is 0 Å². The van der Waals surface area contributed by atoms with Crippen LogP contribution in [0, 0.1) is 0 Å². The van der Waals surface area contributed by atoms with Crippen LogP contribution in [-0.4, -0.2) is 36.1 Å². The Kier molecular flexibility index (Phi) is 4.79. The van der Waals surface area contributed by atoms with Gasteiger partial charge in [-0.15, -0.1) is 11.3 Å². The lowest BCUT2D eigenvalue weighted by molar-refractivity contribution is 0.0775. The summed E-state index contributed by atoms with van der Waals surface area (Å²) >= 11 is 1.92. The van der Waals surface area contributed by atoms with Crippen molar-refractivity contribution in [2.24, 2.45) is 0 Å². The number of hydrogen-bond acceptors (Lipinski definition) is 3. The molecule has 112 valence electrons. The van der Waals surface area contributed by atoms with Crippen LogP contribution >= 0.6 is 11.3 Å². The molecule has 1 N–H and O–H groups in total. The molecule has 2 nitrogen and oxygen atoms in total. The summed E-state index contributed by atoms with van der Waals surface area (Å²) < 4.78 is 0. The second kappa shape index (κ2) is 6.59. The minimum Gasteiger partial charge on any atom is -0.312 e. The Balaban J connectivity index is 1.81. The molecule has 1 saturated heterocycles. The molecule has 3 rings (SSSR count). The Labute approximate surface area is 127 Å². The molecule has 0 bridgehead atoms. The predicted octanol–water partition coefficient (Wildman–Crippen LogP) is 3.68. The molecule has 1 unspecified atom stereocenters. The molecule has 2 aliphatic rings. The monoisotopic (exact) mass is 292 g/mol. The van der Waals surface area contributed by atoms with Gasteiger partial charge in [-0.05, 0) is 63.2 Å². The predicted molar refractivity (Wildman–Crippen MR) is 87.5 cm³/mol. The van der Waals surface area contributed by atoms with Gasteiger partial charge in [-0.3, -0.25) is 4.90 Å². The van der Waals surface area contributed by atoms with Crippen LogP contribution in [0.3, 0.4) is 0 Å². The van der Waals surface area contributed by atoms with Crippen LogP contribution in [0.25, 0.3) is 0 Å². The van der Waals surface area contributed by atoms with Crippen molar-refractivity contribution >= 4 is 11.3 Å². The van der Waals surface area contributed by atoms with Gasteiger partial charge in [0.25, 0.3) is 0 Å². The molecule has 1 aromatic heterocycles. The first kappa shape index (κ1) is 14.6. The van der Waals surface area contributed by atoms with Crippen LogP contribution in [-0.2, 0) is 6.42 Å². The zero-order valence-corrected chi connectivity index (χ0v) is 13.6. The first-order valence-corrected chi connectivity index (χ1v) is 9.24. The van der Waals surface area contributed by atoms with Crippen LogP contribution in [0.2, 0.25) is 0 Å². The molecule has 0 aromatic carbocycles. The van der Waals surface area contributed by atoms with E-state index in [0.717, 1.165) is 6.54 Å². The lowest BCUT2D eigenvalue weighted by Gasteiger charge is -2.45. The van der Waals surface area contributed by atoms with Crippen molar-refractivity contribution in [2.75, 3.05) is 19.6 Å². The first-order chi connectivity index (χ1) is 9.85. The molecule has 2 fully saturated rings. The standard InChI is InChI=1S/C17H28N2S/c1-2-18-16(14-15-8-7-13-20-15)17(9-3-4-10-17)19-11-5-6-12-19/h7-8,13,16,18H,2-6,9-12,14H2,1H3. The van der Waals surface area contributed by atoms with Crippen molar-refractivity contribution in [1.29, 1.82) is 0 Å². The van der Waals surface area contributed by atoms with Gasteiger partial charge in [0.1, 0.15) is 0 Å². The van der Waals surface area contributed by atoms with Gasteiger partial charge in [-0.2, -0.15) is 0 Å². The van der Waals surface area contributed by atoms with Gasteiger partial charge in [-0.1, -0.05) is 25.8 Å². The van der Waals surface area contributed by atoms with E-state index in [2.05, 4.69) is 34.7 Å². The third-order valence-electron chi connectivity index (χ3n) is 5.29. The summed E-state index contributed by atoms with van der Waals surface area (Å²) in [6, 6.07) is 5.13. The lowest BCUT2D eigenvalue weighted by Crippen LogP contribution is -2.60. The minimum absolute atomic E-state index is 0.441. The van der Waals surface area contributed by atoms with Gasteiger partial charge < -0.3 is 5.32 Å². The zero-order chi connectivity index (χ0) is 13.8. The smallest absolute Gasteiger partial charge is 0.0366 e. The van der Waals surface area contributed by atoms with E-state index in [1.165, 1.54) is 58.0 Å². The Morgan fingerprint density at radius 3 is 2.60 bits per heavy atom. The van der Waals surface area contributed by atoms with Gasteiger partial charge in [0.15, 0.2) is 0 Å². The summed E-state index contributed by atoms with van der Waals surface area (Å²) in [5, 5.41) is 6.06. The average Bonchev–Trinajstić information content (AvgIpc) is 3.20. The number of likely N-dealkylation sites (tertiary alicyclic amines) is 1. The van der Waals surface area contributed by atoms with Crippen LogP contribution in [0.5, 0.6) is 0 Å². The lowest BCUT2D eigenvalue weighted by atomic mass is 9.83. The maximum absolute atomic E-state index is 3.85. The summed E-state index contributed by atoms with van der Waals surface area (Å²) in [6.45, 7) is 6.00. The van der Waals surface area contributed by atoms with Crippen LogP contribution in [0.1, 0.15) is 50.3 Å². The van der Waals surface area contributed by atoms with Gasteiger partial charge in [0, 0.05) is 16.5 Å². The normalized spacial score (nSPS) is 24.2. The molecular weight excluding hydrogens is 264 g/mol. The van der Waals surface area contributed by atoms with Crippen molar-refractivity contribution in [2.45, 2.75) is 63.5 Å². The van der Waals surface area contributed by atoms with E-state index >= 15 is 0 Å². The largest absolute Gasteiger partial charge is 0.312 e. The molecule has 0 radical (unpaired) electrons. The molecule has 20 heavy (non-hydrogen) atoms. The van der Waals surface area contributed by atoms with Crippen LogP contribution in [0.4, 0.5) is 0 Å². The molecule has 1 atom stereocenters. The maximum Gasteiger partial charge on any atom is 0.0366 e. The summed E-state index contributed by atoms with van der Waals surface area (Å²) in [5.74, 6) is 0. The van der Waals surface area contributed by atoms with E-state index in [9.17, 15) is 0 Å². The fourth-order valence-electron chi connectivity index (χ4n) is 4.36. The highest BCUT2D eigenvalue weighted by molar-refractivity contribution is 7.09. The highest BCUT2D eigenvalue weighted by Gasteiger charge is 2.46. The fourth-order valence-corrected chi connectivity index (χ4v) is 5.12. The van der Waals surface area contributed by atoms with E-state index in [1.54, 1.807) is 4.88 Å². The molecule has 3 heteroatoms. The number of nitrogens with zero attached hydrogens (tertiary/aromatic N) is 1. The molecular formula is C17H28N2S. The van der Waals surface area contributed by atoms with Gasteiger partial charge in [-0.25, -0.2) is 0 Å². The summed E-state index contributed by atoms with van der Waals surface area (Å²) in [7, 11) is 0. The van der Waals surface area contributed by atoms with Crippen molar-refractivity contribution in [3.63, 3.8) is 0 Å². The zero-order valence-electron chi connectivity index (χ0n) is 12.7. The summed E-state index contributed by atoms with van der Waals surface area (Å²) in [4.78, 5) is 4.38. The number of rotatable bonds is 6. The third kappa shape index (κ3) is 2.81. The molecule has 2 heterocycles. The Morgan fingerprint density at radius 1 is 1.25 bits per heavy atom. The Bertz CT molecular complexity index is 389. The van der Waals surface area contributed by atoms with E-state index < -0.39 is 0 Å². The second-order valence-corrected chi connectivity index (χ2v) is 7.43. The quantitative estimate of drug-likeness (QED) is 0.860. The summed E-state index contributed by atoms with van der Waals surface area (Å²) in [6.07, 6.45) is 9.65. The molecule has 0 amide bonds. The molecule has 1 aromatic rings. The average molecular weight is 292 g/mol. The molecule has 0 spiro atoms. The number of thiophene rings is 1. The van der Waals surface area contributed by atoms with E-state index in [1.807, 2.05) is 11.3 Å². The first-order valence-electron chi connectivity index (χ1n) is 8.36. The number of nitrogens with one attached hydrogen (secondary N) is 1. The Morgan fingerprint density at radius 2 is 2.00 bits per heavy atom. The topological polar surface area (TPSA) is 15.3 Å². The fraction of sp³-hybridized carbons (Fsp3) is 0.765. The molecule has 1 aliphatic carbocycles. The van der Waals surface area contributed by atoms with Crippen molar-refractivity contribution in [1.82, 2.24) is 10.2 Å². The molecule has 1 saturated carbocycles. The molecule has 1 aliphatic heterocycles. The van der Waals surface area contributed by atoms with Gasteiger partial charge in [0.2, 0.25) is 0 Å². The summed E-state index contributed by atoms with van der Waals surface area (Å²) in [5.41, 5.74) is 0.441. The van der Waals surface area contributed by atoms with E-state index in [4.69, 9.17) is 0 Å². The Hall–Kier alpha value is -0.380. The van der Waals surface area contributed by atoms with E-state index in [0.29, 0.717) is 11.6 Å². The number of likely N-dealkylation sites (N-methyl/N-ethyl adjacent to an activating group) is 1. The van der Waals surface area contributed by atoms with E-state index in [-0.39, 0.29) is 0 Å². The number of hydrogen-bond donors (Lipinski definition) is 1. The highest BCUT2D eigenvalue weighted by Crippen LogP contribution is 2.41. The minimum atomic E-state index is 0.441. The maximum atomic E-state index is 3.85. The van der Waals surface area contributed by atoms with Crippen molar-refractivity contribution in [3.8, 4) is 0 Å². The highest BCUT2D eigenvalue weighted by atomic mass is 32.1. The SMILES string of the molecule is CCNC(Cc1cccs1)C1(N2CCCC2)CCCC1.